The highest BCUT2D eigenvalue weighted by Crippen LogP contribution is 2.25. The number of amides is 1. The minimum absolute atomic E-state index is 0.123. The van der Waals surface area contributed by atoms with Crippen LogP contribution in [0.1, 0.15) is 21.9 Å². The first-order chi connectivity index (χ1) is 11.6. The maximum atomic E-state index is 12.2. The average Bonchev–Trinajstić information content (AvgIpc) is 3.20. The van der Waals surface area contributed by atoms with Crippen molar-refractivity contribution in [2.75, 3.05) is 13.7 Å². The lowest BCUT2D eigenvalue weighted by atomic mass is 10.1. The van der Waals surface area contributed by atoms with Crippen LogP contribution in [-0.4, -0.2) is 30.4 Å². The van der Waals surface area contributed by atoms with Crippen LogP contribution in [0, 0.1) is 6.92 Å². The number of likely N-dealkylation sites (N-methyl/N-ethyl adjacent to an activating group) is 1. The summed E-state index contributed by atoms with van der Waals surface area (Å²) in [6, 6.07) is 10.9. The zero-order valence-electron chi connectivity index (χ0n) is 13.4. The number of hydrogen-bond donors (Lipinski definition) is 0. The maximum absolute atomic E-state index is 12.2. The molecule has 1 aromatic carbocycles. The Morgan fingerprint density at radius 3 is 2.67 bits per heavy atom. The van der Waals surface area contributed by atoms with Crippen LogP contribution in [0.15, 0.2) is 51.5 Å². The molecule has 24 heavy (non-hydrogen) atoms. The standard InChI is InChI=1S/C18H17NO5/c1-12-14-7-3-4-8-15(14)24-17(12)18(21)23-11-16(20)19(2)10-13-6-5-9-22-13/h3-9H,10-11H2,1-2H3. The van der Waals surface area contributed by atoms with Crippen molar-refractivity contribution in [3.63, 3.8) is 0 Å². The molecule has 0 aliphatic rings. The van der Waals surface area contributed by atoms with E-state index in [1.807, 2.05) is 18.2 Å². The fraction of sp³-hybridized carbons (Fsp3) is 0.222. The van der Waals surface area contributed by atoms with Crippen LogP contribution in [0.2, 0.25) is 0 Å². The third-order valence-corrected chi connectivity index (χ3v) is 3.75. The Balaban J connectivity index is 1.62. The molecule has 2 aromatic heterocycles. The smallest absolute Gasteiger partial charge is 0.375 e. The molecular formula is C18H17NO5. The number of ether oxygens (including phenoxy) is 1. The van der Waals surface area contributed by atoms with E-state index in [0.29, 0.717) is 23.5 Å². The fourth-order valence-electron chi connectivity index (χ4n) is 2.40. The molecule has 6 heteroatoms. The summed E-state index contributed by atoms with van der Waals surface area (Å²) in [4.78, 5) is 25.6. The highest BCUT2D eigenvalue weighted by Gasteiger charge is 2.20. The topological polar surface area (TPSA) is 72.9 Å². The molecule has 0 spiro atoms. The third-order valence-electron chi connectivity index (χ3n) is 3.75. The molecule has 0 saturated carbocycles. The summed E-state index contributed by atoms with van der Waals surface area (Å²) in [5.74, 6) is -0.194. The molecular weight excluding hydrogens is 310 g/mol. The van der Waals surface area contributed by atoms with Gasteiger partial charge in [-0.3, -0.25) is 4.79 Å². The zero-order chi connectivity index (χ0) is 17.1. The summed E-state index contributed by atoms with van der Waals surface area (Å²) >= 11 is 0. The van der Waals surface area contributed by atoms with Gasteiger partial charge in [0, 0.05) is 18.0 Å². The van der Waals surface area contributed by atoms with Crippen molar-refractivity contribution < 1.29 is 23.2 Å². The molecule has 0 unspecified atom stereocenters. The molecule has 0 aliphatic heterocycles. The number of esters is 1. The third kappa shape index (κ3) is 3.17. The van der Waals surface area contributed by atoms with Gasteiger partial charge in [0.1, 0.15) is 11.3 Å². The van der Waals surface area contributed by atoms with Crippen molar-refractivity contribution >= 4 is 22.8 Å². The van der Waals surface area contributed by atoms with Gasteiger partial charge in [-0.05, 0) is 25.1 Å². The number of nitrogens with zero attached hydrogens (tertiary/aromatic N) is 1. The molecule has 3 rings (SSSR count). The van der Waals surface area contributed by atoms with Gasteiger partial charge in [0.2, 0.25) is 5.76 Å². The summed E-state index contributed by atoms with van der Waals surface area (Å²) < 4.78 is 15.8. The van der Waals surface area contributed by atoms with Crippen LogP contribution < -0.4 is 0 Å². The number of para-hydroxylation sites is 1. The van der Waals surface area contributed by atoms with Crippen LogP contribution in [-0.2, 0) is 16.1 Å². The molecule has 3 aromatic rings. The Morgan fingerprint density at radius 2 is 1.96 bits per heavy atom. The summed E-state index contributed by atoms with van der Waals surface area (Å²) in [7, 11) is 1.62. The van der Waals surface area contributed by atoms with E-state index in [-0.39, 0.29) is 18.3 Å². The van der Waals surface area contributed by atoms with E-state index in [9.17, 15) is 9.59 Å². The number of fused-ring (bicyclic) bond motifs is 1. The van der Waals surface area contributed by atoms with Crippen LogP contribution in [0.25, 0.3) is 11.0 Å². The van der Waals surface area contributed by atoms with Crippen LogP contribution in [0.4, 0.5) is 0 Å². The summed E-state index contributed by atoms with van der Waals surface area (Å²) in [6.45, 7) is 1.74. The molecule has 0 atom stereocenters. The fourth-order valence-corrected chi connectivity index (χ4v) is 2.40. The summed E-state index contributed by atoms with van der Waals surface area (Å²) in [5.41, 5.74) is 1.32. The van der Waals surface area contributed by atoms with Crippen LogP contribution in [0.5, 0.6) is 0 Å². The first-order valence-electron chi connectivity index (χ1n) is 7.48. The predicted octanol–water partition coefficient (Wildman–Crippen LogP) is 3.15. The van der Waals surface area contributed by atoms with Gasteiger partial charge in [-0.15, -0.1) is 0 Å². The lowest BCUT2D eigenvalue weighted by Crippen LogP contribution is -2.30. The van der Waals surface area contributed by atoms with E-state index < -0.39 is 5.97 Å². The summed E-state index contributed by atoms with van der Waals surface area (Å²) in [5, 5.41) is 0.853. The van der Waals surface area contributed by atoms with Gasteiger partial charge in [0.15, 0.2) is 6.61 Å². The molecule has 0 aliphatic carbocycles. The van der Waals surface area contributed by atoms with Crippen molar-refractivity contribution in [2.24, 2.45) is 0 Å². The number of furan rings is 2. The number of carbonyl (C=O) groups excluding carboxylic acids is 2. The number of carbonyl (C=O) groups is 2. The molecule has 124 valence electrons. The number of hydrogen-bond acceptors (Lipinski definition) is 5. The maximum Gasteiger partial charge on any atom is 0.375 e. The molecule has 0 saturated heterocycles. The molecule has 6 nitrogen and oxygen atoms in total. The van der Waals surface area contributed by atoms with Gasteiger partial charge in [0.05, 0.1) is 12.8 Å². The zero-order valence-corrected chi connectivity index (χ0v) is 13.4. The predicted molar refractivity (Wildman–Crippen MR) is 86.4 cm³/mol. The van der Waals surface area contributed by atoms with Crippen molar-refractivity contribution in [1.82, 2.24) is 4.90 Å². The number of benzene rings is 1. The molecule has 0 N–H and O–H groups in total. The Morgan fingerprint density at radius 1 is 1.17 bits per heavy atom. The summed E-state index contributed by atoms with van der Waals surface area (Å²) in [6.07, 6.45) is 1.54. The number of rotatable bonds is 5. The van der Waals surface area contributed by atoms with E-state index in [0.717, 1.165) is 5.39 Å². The van der Waals surface area contributed by atoms with Crippen molar-refractivity contribution in [2.45, 2.75) is 13.5 Å². The second kappa shape index (κ2) is 6.62. The Kier molecular flexibility index (Phi) is 4.37. The van der Waals surface area contributed by atoms with Crippen LogP contribution >= 0.6 is 0 Å². The van der Waals surface area contributed by atoms with E-state index >= 15 is 0 Å². The molecule has 0 fully saturated rings. The molecule has 0 bridgehead atoms. The van der Waals surface area contributed by atoms with Crippen molar-refractivity contribution in [3.8, 4) is 0 Å². The lowest BCUT2D eigenvalue weighted by Gasteiger charge is -2.15. The second-order valence-electron chi connectivity index (χ2n) is 5.46. The first kappa shape index (κ1) is 15.9. The van der Waals surface area contributed by atoms with E-state index in [4.69, 9.17) is 13.6 Å². The second-order valence-corrected chi connectivity index (χ2v) is 5.46. The Bertz CT molecular complexity index is 863. The average molecular weight is 327 g/mol. The number of aryl methyl sites for hydroxylation is 1. The Hall–Kier alpha value is -3.02. The normalized spacial score (nSPS) is 10.8. The largest absolute Gasteiger partial charge is 0.467 e. The molecule has 2 heterocycles. The van der Waals surface area contributed by atoms with E-state index in [2.05, 4.69) is 0 Å². The Labute approximate surface area is 138 Å². The van der Waals surface area contributed by atoms with E-state index in [1.54, 1.807) is 32.2 Å². The monoisotopic (exact) mass is 327 g/mol. The SMILES string of the molecule is Cc1c(C(=O)OCC(=O)N(C)Cc2ccco2)oc2ccccc12. The van der Waals surface area contributed by atoms with Crippen LogP contribution in [0.3, 0.4) is 0 Å². The van der Waals surface area contributed by atoms with Gasteiger partial charge >= 0.3 is 5.97 Å². The first-order valence-corrected chi connectivity index (χ1v) is 7.48. The van der Waals surface area contributed by atoms with Crippen molar-refractivity contribution in [1.29, 1.82) is 0 Å². The van der Waals surface area contributed by atoms with Gasteiger partial charge < -0.3 is 18.5 Å². The van der Waals surface area contributed by atoms with Crippen molar-refractivity contribution in [3.05, 3.63) is 59.7 Å². The lowest BCUT2D eigenvalue weighted by molar-refractivity contribution is -0.134. The van der Waals surface area contributed by atoms with Gasteiger partial charge in [-0.1, -0.05) is 18.2 Å². The highest BCUT2D eigenvalue weighted by molar-refractivity contribution is 5.96. The van der Waals surface area contributed by atoms with Gasteiger partial charge in [0.25, 0.3) is 5.91 Å². The molecule has 1 amide bonds. The minimum Gasteiger partial charge on any atom is -0.467 e. The van der Waals surface area contributed by atoms with Gasteiger partial charge in [-0.25, -0.2) is 4.79 Å². The molecule has 0 radical (unpaired) electrons. The van der Waals surface area contributed by atoms with E-state index in [1.165, 1.54) is 11.2 Å². The minimum atomic E-state index is -0.650. The van der Waals surface area contributed by atoms with Gasteiger partial charge in [-0.2, -0.15) is 0 Å². The highest BCUT2D eigenvalue weighted by atomic mass is 16.5. The quantitative estimate of drug-likeness (QED) is 0.673.